The van der Waals surface area contributed by atoms with Crippen molar-refractivity contribution < 1.29 is 9.53 Å². The SMILES string of the molecule is COC1(C(=O)Cl)CCCCC1. The van der Waals surface area contributed by atoms with Gasteiger partial charge in [0.25, 0.3) is 5.24 Å². The molecule has 64 valence electrons. The van der Waals surface area contributed by atoms with Crippen LogP contribution in [0.1, 0.15) is 32.1 Å². The fourth-order valence-electron chi connectivity index (χ4n) is 1.60. The van der Waals surface area contributed by atoms with E-state index in [4.69, 9.17) is 16.3 Å². The van der Waals surface area contributed by atoms with Crippen LogP contribution >= 0.6 is 11.6 Å². The minimum Gasteiger partial charge on any atom is -0.369 e. The Morgan fingerprint density at radius 1 is 1.36 bits per heavy atom. The smallest absolute Gasteiger partial charge is 0.253 e. The van der Waals surface area contributed by atoms with Crippen molar-refractivity contribution in [2.45, 2.75) is 37.7 Å². The highest BCUT2D eigenvalue weighted by molar-refractivity contribution is 6.65. The lowest BCUT2D eigenvalue weighted by Gasteiger charge is -2.31. The first-order chi connectivity index (χ1) is 5.21. The van der Waals surface area contributed by atoms with Gasteiger partial charge in [-0.15, -0.1) is 0 Å². The molecule has 11 heavy (non-hydrogen) atoms. The van der Waals surface area contributed by atoms with Crippen LogP contribution in [0.4, 0.5) is 0 Å². The molecule has 0 aromatic carbocycles. The molecule has 0 unspecified atom stereocenters. The van der Waals surface area contributed by atoms with Crippen molar-refractivity contribution in [3.63, 3.8) is 0 Å². The molecule has 1 saturated carbocycles. The maximum atomic E-state index is 11.0. The third kappa shape index (κ3) is 1.74. The average molecular weight is 177 g/mol. The van der Waals surface area contributed by atoms with Gasteiger partial charge in [-0.3, -0.25) is 4.79 Å². The van der Waals surface area contributed by atoms with Gasteiger partial charge in [0.1, 0.15) is 5.60 Å². The lowest BCUT2D eigenvalue weighted by atomic mass is 9.86. The van der Waals surface area contributed by atoms with Crippen molar-refractivity contribution in [3.05, 3.63) is 0 Å². The molecular weight excluding hydrogens is 164 g/mol. The molecule has 0 aliphatic heterocycles. The predicted molar refractivity (Wildman–Crippen MR) is 43.7 cm³/mol. The van der Waals surface area contributed by atoms with E-state index in [1.807, 2.05) is 0 Å². The Kier molecular flexibility index (Phi) is 2.90. The number of hydrogen-bond acceptors (Lipinski definition) is 2. The largest absolute Gasteiger partial charge is 0.369 e. The zero-order valence-electron chi connectivity index (χ0n) is 6.73. The summed E-state index contributed by atoms with van der Waals surface area (Å²) < 4.78 is 5.16. The molecule has 0 saturated heterocycles. The van der Waals surface area contributed by atoms with Crippen LogP contribution in [0, 0.1) is 0 Å². The van der Waals surface area contributed by atoms with Crippen LogP contribution < -0.4 is 0 Å². The number of carbonyl (C=O) groups excluding carboxylic acids is 1. The van der Waals surface area contributed by atoms with Gasteiger partial charge in [-0.25, -0.2) is 0 Å². The zero-order valence-corrected chi connectivity index (χ0v) is 7.49. The molecule has 0 aromatic heterocycles. The number of ether oxygens (including phenoxy) is 1. The lowest BCUT2D eigenvalue weighted by Crippen LogP contribution is -2.39. The van der Waals surface area contributed by atoms with Gasteiger partial charge < -0.3 is 4.74 Å². The second-order valence-electron chi connectivity index (χ2n) is 3.03. The second-order valence-corrected chi connectivity index (χ2v) is 3.38. The molecule has 0 heterocycles. The van der Waals surface area contributed by atoms with Gasteiger partial charge in [0.15, 0.2) is 0 Å². The highest BCUT2D eigenvalue weighted by atomic mass is 35.5. The molecule has 0 bridgehead atoms. The molecule has 3 heteroatoms. The summed E-state index contributed by atoms with van der Waals surface area (Å²) in [6.07, 6.45) is 4.85. The third-order valence-corrected chi connectivity index (χ3v) is 2.75. The minimum absolute atomic E-state index is 0.334. The van der Waals surface area contributed by atoms with E-state index >= 15 is 0 Å². The van der Waals surface area contributed by atoms with Crippen LogP contribution in [0.5, 0.6) is 0 Å². The number of halogens is 1. The fraction of sp³-hybridized carbons (Fsp3) is 0.875. The van der Waals surface area contributed by atoms with Crippen LogP contribution in [0.3, 0.4) is 0 Å². The van der Waals surface area contributed by atoms with Gasteiger partial charge in [-0.05, 0) is 24.4 Å². The molecule has 2 nitrogen and oxygen atoms in total. The van der Waals surface area contributed by atoms with E-state index in [9.17, 15) is 4.79 Å². The number of rotatable bonds is 2. The predicted octanol–water partition coefficient (Wildman–Crippen LogP) is 2.10. The monoisotopic (exact) mass is 176 g/mol. The van der Waals surface area contributed by atoms with Crippen LogP contribution in [0.25, 0.3) is 0 Å². The summed E-state index contributed by atoms with van der Waals surface area (Å²) in [5, 5.41) is -0.334. The summed E-state index contributed by atoms with van der Waals surface area (Å²) in [4.78, 5) is 11.0. The maximum absolute atomic E-state index is 11.0. The molecular formula is C8H13ClO2. The molecule has 0 atom stereocenters. The molecule has 0 spiro atoms. The fourth-order valence-corrected chi connectivity index (χ4v) is 1.87. The Hall–Kier alpha value is -0.0800. The molecule has 0 N–H and O–H groups in total. The van der Waals surface area contributed by atoms with Gasteiger partial charge in [0, 0.05) is 7.11 Å². The average Bonchev–Trinajstić information content (AvgIpc) is 2.05. The summed E-state index contributed by atoms with van der Waals surface area (Å²) in [6, 6.07) is 0. The first-order valence-electron chi connectivity index (χ1n) is 3.96. The summed E-state index contributed by atoms with van der Waals surface area (Å²) in [6.45, 7) is 0. The van der Waals surface area contributed by atoms with Crippen molar-refractivity contribution in [2.75, 3.05) is 7.11 Å². The van der Waals surface area contributed by atoms with Crippen molar-refractivity contribution in [1.29, 1.82) is 0 Å². The van der Waals surface area contributed by atoms with E-state index in [1.165, 1.54) is 6.42 Å². The Labute approximate surface area is 71.9 Å². The van der Waals surface area contributed by atoms with Crippen molar-refractivity contribution in [1.82, 2.24) is 0 Å². The first kappa shape index (κ1) is 9.01. The Bertz CT molecular complexity index is 150. The minimum atomic E-state index is -0.653. The molecule has 0 amide bonds. The standard InChI is InChI=1S/C8H13ClO2/c1-11-8(7(9)10)5-3-2-4-6-8/h2-6H2,1H3. The summed E-state index contributed by atoms with van der Waals surface area (Å²) >= 11 is 5.45. The van der Waals surface area contributed by atoms with E-state index in [0.717, 1.165) is 25.7 Å². The zero-order chi connectivity index (χ0) is 8.32. The highest BCUT2D eigenvalue weighted by Crippen LogP contribution is 2.32. The molecule has 0 radical (unpaired) electrons. The first-order valence-corrected chi connectivity index (χ1v) is 4.34. The normalized spacial score (nSPS) is 23.1. The molecule has 1 aliphatic rings. The Morgan fingerprint density at radius 3 is 2.18 bits per heavy atom. The van der Waals surface area contributed by atoms with Crippen LogP contribution in [-0.2, 0) is 9.53 Å². The quantitative estimate of drug-likeness (QED) is 0.603. The van der Waals surface area contributed by atoms with E-state index in [0.29, 0.717) is 0 Å². The van der Waals surface area contributed by atoms with Gasteiger partial charge >= 0.3 is 0 Å². The van der Waals surface area contributed by atoms with Crippen molar-refractivity contribution in [3.8, 4) is 0 Å². The highest BCUT2D eigenvalue weighted by Gasteiger charge is 2.38. The molecule has 1 fully saturated rings. The summed E-state index contributed by atoms with van der Waals surface area (Å²) in [7, 11) is 1.56. The Balaban J connectivity index is 2.64. The van der Waals surface area contributed by atoms with Crippen molar-refractivity contribution in [2.24, 2.45) is 0 Å². The van der Waals surface area contributed by atoms with Crippen LogP contribution in [0.2, 0.25) is 0 Å². The topological polar surface area (TPSA) is 26.3 Å². The third-order valence-electron chi connectivity index (χ3n) is 2.41. The maximum Gasteiger partial charge on any atom is 0.253 e. The summed E-state index contributed by atoms with van der Waals surface area (Å²) in [5.41, 5.74) is -0.653. The van der Waals surface area contributed by atoms with E-state index in [-0.39, 0.29) is 5.24 Å². The Morgan fingerprint density at radius 2 is 1.91 bits per heavy atom. The summed E-state index contributed by atoms with van der Waals surface area (Å²) in [5.74, 6) is 0. The van der Waals surface area contributed by atoms with Crippen LogP contribution in [-0.4, -0.2) is 18.0 Å². The number of carbonyl (C=O) groups is 1. The van der Waals surface area contributed by atoms with Crippen molar-refractivity contribution >= 4 is 16.8 Å². The lowest BCUT2D eigenvalue weighted by molar-refractivity contribution is -0.136. The van der Waals surface area contributed by atoms with Gasteiger partial charge in [-0.2, -0.15) is 0 Å². The number of hydrogen-bond donors (Lipinski definition) is 0. The van der Waals surface area contributed by atoms with Crippen LogP contribution in [0.15, 0.2) is 0 Å². The molecule has 1 rings (SSSR count). The van der Waals surface area contributed by atoms with E-state index in [2.05, 4.69) is 0 Å². The second kappa shape index (κ2) is 3.55. The molecule has 1 aliphatic carbocycles. The van der Waals surface area contributed by atoms with Gasteiger partial charge in [0.2, 0.25) is 0 Å². The van der Waals surface area contributed by atoms with E-state index < -0.39 is 5.60 Å². The number of methoxy groups -OCH3 is 1. The molecule has 0 aromatic rings. The van der Waals surface area contributed by atoms with Gasteiger partial charge in [-0.1, -0.05) is 19.3 Å². The van der Waals surface area contributed by atoms with E-state index in [1.54, 1.807) is 7.11 Å². The van der Waals surface area contributed by atoms with Gasteiger partial charge in [0.05, 0.1) is 0 Å².